The van der Waals surface area contributed by atoms with Crippen molar-refractivity contribution in [1.82, 2.24) is 14.7 Å². The molecule has 3 rings (SSSR count). The Bertz CT molecular complexity index is 905. The number of carbonyl (C=O) groups is 1. The van der Waals surface area contributed by atoms with Crippen LogP contribution in [0.3, 0.4) is 0 Å². The molecule has 2 aromatic heterocycles. The van der Waals surface area contributed by atoms with E-state index in [2.05, 4.69) is 21.0 Å². The first-order valence-corrected chi connectivity index (χ1v) is 9.49. The van der Waals surface area contributed by atoms with E-state index in [1.54, 1.807) is 41.0 Å². The highest BCUT2D eigenvalue weighted by atomic mass is 79.9. The Morgan fingerprint density at radius 1 is 1.42 bits per heavy atom. The summed E-state index contributed by atoms with van der Waals surface area (Å²) in [4.78, 5) is 14.9. The van der Waals surface area contributed by atoms with E-state index in [0.29, 0.717) is 17.2 Å². The molecule has 0 saturated carbocycles. The predicted molar refractivity (Wildman–Crippen MR) is 102 cm³/mol. The zero-order valence-electron chi connectivity index (χ0n) is 14.3. The van der Waals surface area contributed by atoms with E-state index < -0.39 is 0 Å². The number of nitrogens with zero attached hydrogens (tertiary/aromatic N) is 3. The van der Waals surface area contributed by atoms with Crippen LogP contribution in [0.4, 0.5) is 4.39 Å². The van der Waals surface area contributed by atoms with Crippen LogP contribution in [0.2, 0.25) is 0 Å². The van der Waals surface area contributed by atoms with Crippen LogP contribution in [0.25, 0.3) is 0 Å². The second kappa shape index (κ2) is 8.01. The van der Waals surface area contributed by atoms with Crippen molar-refractivity contribution in [3.8, 4) is 5.75 Å². The number of rotatable bonds is 6. The van der Waals surface area contributed by atoms with Crippen LogP contribution >= 0.6 is 27.3 Å². The predicted octanol–water partition coefficient (Wildman–Crippen LogP) is 4.23. The molecule has 0 radical (unpaired) electrons. The molecule has 0 aliphatic heterocycles. The smallest absolute Gasteiger partial charge is 0.264 e. The van der Waals surface area contributed by atoms with E-state index in [4.69, 9.17) is 4.74 Å². The fourth-order valence-electron chi connectivity index (χ4n) is 2.39. The summed E-state index contributed by atoms with van der Waals surface area (Å²) >= 11 is 4.81. The van der Waals surface area contributed by atoms with Gasteiger partial charge in [0.15, 0.2) is 0 Å². The first kappa shape index (κ1) is 18.6. The van der Waals surface area contributed by atoms with Crippen LogP contribution in [0, 0.1) is 5.82 Å². The van der Waals surface area contributed by atoms with Crippen molar-refractivity contribution in [2.45, 2.75) is 13.2 Å². The normalized spacial score (nSPS) is 10.8. The molecule has 136 valence electrons. The van der Waals surface area contributed by atoms with E-state index in [-0.39, 0.29) is 18.3 Å². The van der Waals surface area contributed by atoms with Gasteiger partial charge in [-0.2, -0.15) is 5.10 Å². The lowest BCUT2D eigenvalue weighted by Crippen LogP contribution is -2.26. The van der Waals surface area contributed by atoms with Crippen LogP contribution in [0.1, 0.15) is 20.9 Å². The number of aryl methyl sites for hydroxylation is 1. The lowest BCUT2D eigenvalue weighted by Gasteiger charge is -2.16. The monoisotopic (exact) mass is 437 g/mol. The molecule has 0 saturated heterocycles. The Labute approximate surface area is 163 Å². The molecule has 0 unspecified atom stereocenters. The standard InChI is InChI=1S/C18H17BrFN3O2S/c1-22(9-16-15(19)8-21-23(16)2)18(24)17-6-12(11-26-17)10-25-14-5-3-4-13(20)7-14/h3-8,11H,9-10H2,1-2H3. The third-order valence-corrected chi connectivity index (χ3v) is 5.44. The second-order valence-corrected chi connectivity index (χ2v) is 7.55. The van der Waals surface area contributed by atoms with Crippen LogP contribution < -0.4 is 4.74 Å². The summed E-state index contributed by atoms with van der Waals surface area (Å²) in [6.45, 7) is 0.729. The van der Waals surface area contributed by atoms with E-state index in [9.17, 15) is 9.18 Å². The summed E-state index contributed by atoms with van der Waals surface area (Å²) in [5.74, 6) is 0.0500. The fourth-order valence-corrected chi connectivity index (χ4v) is 3.75. The summed E-state index contributed by atoms with van der Waals surface area (Å²) < 4.78 is 21.3. The zero-order chi connectivity index (χ0) is 18.7. The third kappa shape index (κ3) is 4.31. The number of hydrogen-bond donors (Lipinski definition) is 0. The van der Waals surface area contributed by atoms with E-state index >= 15 is 0 Å². The highest BCUT2D eigenvalue weighted by Gasteiger charge is 2.17. The first-order chi connectivity index (χ1) is 12.4. The fraction of sp³-hybridized carbons (Fsp3) is 0.222. The molecule has 0 aliphatic carbocycles. The van der Waals surface area contributed by atoms with E-state index in [1.807, 2.05) is 12.4 Å². The lowest BCUT2D eigenvalue weighted by atomic mass is 10.3. The van der Waals surface area contributed by atoms with Crippen molar-refractivity contribution in [2.24, 2.45) is 7.05 Å². The van der Waals surface area contributed by atoms with Gasteiger partial charge in [0.25, 0.3) is 5.91 Å². The summed E-state index contributed by atoms with van der Waals surface area (Å²) in [7, 11) is 3.59. The summed E-state index contributed by atoms with van der Waals surface area (Å²) in [6, 6.07) is 7.80. The number of hydrogen-bond acceptors (Lipinski definition) is 4. The molecule has 0 fully saturated rings. The summed E-state index contributed by atoms with van der Waals surface area (Å²) in [6.07, 6.45) is 1.71. The minimum Gasteiger partial charge on any atom is -0.489 e. The van der Waals surface area contributed by atoms with E-state index in [1.165, 1.54) is 23.5 Å². The molecule has 0 N–H and O–H groups in total. The summed E-state index contributed by atoms with van der Waals surface area (Å²) in [5, 5.41) is 6.03. The van der Waals surface area contributed by atoms with Gasteiger partial charge in [-0.25, -0.2) is 4.39 Å². The SMILES string of the molecule is CN(Cc1c(Br)cnn1C)C(=O)c1cc(COc2cccc(F)c2)cs1. The van der Waals surface area contributed by atoms with Crippen LogP contribution in [0.5, 0.6) is 5.75 Å². The Kier molecular flexibility index (Phi) is 5.73. The van der Waals surface area contributed by atoms with Crippen molar-refractivity contribution >= 4 is 33.2 Å². The number of halogens is 2. The van der Waals surface area contributed by atoms with Gasteiger partial charge < -0.3 is 9.64 Å². The highest BCUT2D eigenvalue weighted by Crippen LogP contribution is 2.22. The van der Waals surface area contributed by atoms with Gasteiger partial charge in [-0.1, -0.05) is 6.07 Å². The number of carbonyl (C=O) groups excluding carboxylic acids is 1. The molecule has 5 nitrogen and oxygen atoms in total. The molecule has 8 heteroatoms. The Hall–Kier alpha value is -2.19. The minimum atomic E-state index is -0.341. The van der Waals surface area contributed by atoms with Gasteiger partial charge in [-0.15, -0.1) is 11.3 Å². The van der Waals surface area contributed by atoms with Crippen molar-refractivity contribution in [3.63, 3.8) is 0 Å². The molecule has 26 heavy (non-hydrogen) atoms. The van der Waals surface area contributed by atoms with Gasteiger partial charge in [0.05, 0.1) is 27.8 Å². The molecule has 3 aromatic rings. The van der Waals surface area contributed by atoms with Crippen LogP contribution in [-0.4, -0.2) is 27.6 Å². The number of thiophene rings is 1. The van der Waals surface area contributed by atoms with Gasteiger partial charge >= 0.3 is 0 Å². The topological polar surface area (TPSA) is 47.4 Å². The van der Waals surface area contributed by atoms with Crippen molar-refractivity contribution in [3.05, 3.63) is 68.3 Å². The van der Waals surface area contributed by atoms with Crippen LogP contribution in [-0.2, 0) is 20.2 Å². The van der Waals surface area contributed by atoms with Gasteiger partial charge in [0.1, 0.15) is 18.2 Å². The molecule has 1 amide bonds. The number of ether oxygens (including phenoxy) is 1. The maximum absolute atomic E-state index is 13.2. The average molecular weight is 438 g/mol. The zero-order valence-corrected chi connectivity index (χ0v) is 16.7. The summed E-state index contributed by atoms with van der Waals surface area (Å²) in [5.41, 5.74) is 1.80. The minimum absolute atomic E-state index is 0.0693. The quantitative estimate of drug-likeness (QED) is 0.579. The molecule has 0 bridgehead atoms. The molecule has 0 atom stereocenters. The third-order valence-electron chi connectivity index (χ3n) is 3.81. The van der Waals surface area contributed by atoms with Crippen molar-refractivity contribution in [1.29, 1.82) is 0 Å². The number of benzene rings is 1. The second-order valence-electron chi connectivity index (χ2n) is 5.79. The van der Waals surface area contributed by atoms with Gasteiger partial charge in [-0.05, 0) is 39.5 Å². The largest absolute Gasteiger partial charge is 0.489 e. The Morgan fingerprint density at radius 2 is 2.23 bits per heavy atom. The number of amides is 1. The van der Waals surface area contributed by atoms with Gasteiger partial charge in [-0.3, -0.25) is 9.48 Å². The van der Waals surface area contributed by atoms with Gasteiger partial charge in [0, 0.05) is 25.7 Å². The Morgan fingerprint density at radius 3 is 2.92 bits per heavy atom. The average Bonchev–Trinajstić information content (AvgIpc) is 3.21. The molecule has 2 heterocycles. The first-order valence-electron chi connectivity index (χ1n) is 7.81. The molecular formula is C18H17BrFN3O2S. The molecule has 0 spiro atoms. The van der Waals surface area contributed by atoms with Crippen LogP contribution in [0.15, 0.2) is 46.4 Å². The Balaban J connectivity index is 1.62. The van der Waals surface area contributed by atoms with Gasteiger partial charge in [0.2, 0.25) is 0 Å². The maximum atomic E-state index is 13.2. The van der Waals surface area contributed by atoms with Crippen molar-refractivity contribution < 1.29 is 13.9 Å². The molecular weight excluding hydrogens is 421 g/mol. The lowest BCUT2D eigenvalue weighted by molar-refractivity contribution is 0.0786. The molecule has 0 aliphatic rings. The van der Waals surface area contributed by atoms with E-state index in [0.717, 1.165) is 15.7 Å². The number of aromatic nitrogens is 2. The highest BCUT2D eigenvalue weighted by molar-refractivity contribution is 9.10. The van der Waals surface area contributed by atoms with Crippen molar-refractivity contribution in [2.75, 3.05) is 7.05 Å². The maximum Gasteiger partial charge on any atom is 0.264 e. The molecule has 1 aromatic carbocycles.